The van der Waals surface area contributed by atoms with Crippen molar-refractivity contribution in [3.05, 3.63) is 41.0 Å². The van der Waals surface area contributed by atoms with Crippen molar-refractivity contribution < 1.29 is 11.7 Å². The van der Waals surface area contributed by atoms with Gasteiger partial charge in [0.05, 0.1) is 0 Å². The minimum absolute atomic E-state index is 0.440. The first-order valence-electron chi connectivity index (χ1n) is 4.55. The van der Waals surface area contributed by atoms with Gasteiger partial charge in [-0.1, -0.05) is 42.8 Å². The first-order chi connectivity index (χ1) is 6.81. The van der Waals surface area contributed by atoms with Gasteiger partial charge in [-0.3, -0.25) is 0 Å². The van der Waals surface area contributed by atoms with Gasteiger partial charge < -0.3 is 0 Å². The van der Waals surface area contributed by atoms with Crippen LogP contribution in [0.5, 0.6) is 0 Å². The molecule has 0 bridgehead atoms. The molecule has 3 heteroatoms. The molecule has 0 aromatic heterocycles. The third kappa shape index (κ3) is 3.95. The molecule has 74 valence electrons. The topological polar surface area (TPSA) is 0 Å². The summed E-state index contributed by atoms with van der Waals surface area (Å²) in [6, 6.07) is 8.63. The van der Waals surface area contributed by atoms with Crippen molar-refractivity contribution in [2.45, 2.75) is 19.8 Å². The monoisotopic (exact) mass is 446 g/mol. The standard InChI is InChI=1S/C11H12.2HI.Ti/c1-2-9-7-10-5-3-4-6-11(10)8-9;;;/h3-7H,2,8H2,1H3;2*1H;/q;;;+2/p-2. The fourth-order valence-corrected chi connectivity index (χ4v) is 1.58. The maximum absolute atomic E-state index is 2.40. The van der Waals surface area contributed by atoms with Gasteiger partial charge in [-0.05, 0) is 24.0 Å². The van der Waals surface area contributed by atoms with E-state index in [2.05, 4.69) is 75.6 Å². The van der Waals surface area contributed by atoms with E-state index in [1.165, 1.54) is 24.0 Å². The average molecular weight is 446 g/mol. The molecule has 0 saturated carbocycles. The number of rotatable bonds is 1. The second kappa shape index (κ2) is 7.41. The summed E-state index contributed by atoms with van der Waals surface area (Å²) >= 11 is 5.24. The van der Waals surface area contributed by atoms with Crippen LogP contribution >= 0.6 is 38.4 Å². The summed E-state index contributed by atoms with van der Waals surface area (Å²) in [6.07, 6.45) is 4.68. The Morgan fingerprint density at radius 2 is 1.93 bits per heavy atom. The molecule has 0 nitrogen and oxygen atoms in total. The zero-order valence-electron chi connectivity index (χ0n) is 8.06. The van der Waals surface area contributed by atoms with Crippen LogP contribution in [-0.4, -0.2) is 0 Å². The Hall–Kier alpha value is 1.13. The molecule has 1 aromatic rings. The molecule has 14 heavy (non-hydrogen) atoms. The summed E-state index contributed by atoms with van der Waals surface area (Å²) in [5, 5.41) is 0. The molecule has 0 heterocycles. The minimum atomic E-state index is 0.440. The Bertz CT molecular complexity index is 321. The van der Waals surface area contributed by atoms with Crippen molar-refractivity contribution in [1.82, 2.24) is 0 Å². The van der Waals surface area contributed by atoms with Crippen LogP contribution in [0, 0.1) is 0 Å². The summed E-state index contributed by atoms with van der Waals surface area (Å²) < 4.78 is 0. The molecule has 0 saturated heterocycles. The Morgan fingerprint density at radius 3 is 2.50 bits per heavy atom. The number of allylic oxidation sites excluding steroid dienone is 1. The van der Waals surface area contributed by atoms with E-state index < -0.39 is 0 Å². The molecule has 2 rings (SSSR count). The first kappa shape index (κ1) is 13.2. The zero-order chi connectivity index (χ0) is 10.4. The van der Waals surface area contributed by atoms with E-state index in [-0.39, 0.29) is 0 Å². The van der Waals surface area contributed by atoms with Crippen LogP contribution in [0.3, 0.4) is 0 Å². The van der Waals surface area contributed by atoms with Gasteiger partial charge in [-0.2, -0.15) is 0 Å². The second-order valence-electron chi connectivity index (χ2n) is 3.10. The predicted molar refractivity (Wildman–Crippen MR) is 76.5 cm³/mol. The van der Waals surface area contributed by atoms with Crippen LogP contribution in [0.15, 0.2) is 29.8 Å². The average Bonchev–Trinajstić information content (AvgIpc) is 2.61. The summed E-state index contributed by atoms with van der Waals surface area (Å²) in [7, 11) is 0. The first-order valence-corrected chi connectivity index (χ1v) is 14.6. The van der Waals surface area contributed by atoms with E-state index in [9.17, 15) is 0 Å². The molecule has 0 N–H and O–H groups in total. The molecule has 0 aliphatic heterocycles. The Morgan fingerprint density at radius 1 is 1.29 bits per heavy atom. The molecular formula is C11H12I2Ti. The van der Waals surface area contributed by atoms with Crippen LogP contribution in [-0.2, 0) is 18.1 Å². The molecular weight excluding hydrogens is 434 g/mol. The summed E-state index contributed by atoms with van der Waals surface area (Å²) in [4.78, 5) is 0. The third-order valence-corrected chi connectivity index (χ3v) is 2.29. The summed E-state index contributed by atoms with van der Waals surface area (Å²) in [5.41, 5.74) is 4.47. The SMILES string of the molecule is CCC1=Cc2ccccc2C1.[I][Ti][I]. The van der Waals surface area contributed by atoms with Crippen molar-refractivity contribution in [3.63, 3.8) is 0 Å². The van der Waals surface area contributed by atoms with E-state index in [1.807, 2.05) is 0 Å². The Balaban J connectivity index is 0.000000293. The Kier molecular flexibility index (Phi) is 6.99. The van der Waals surface area contributed by atoms with E-state index in [1.54, 1.807) is 5.57 Å². The van der Waals surface area contributed by atoms with E-state index in [0.717, 1.165) is 0 Å². The second-order valence-corrected chi connectivity index (χ2v) is 16.3. The number of hydrogen-bond donors (Lipinski definition) is 0. The van der Waals surface area contributed by atoms with Crippen molar-refractivity contribution in [2.24, 2.45) is 0 Å². The third-order valence-electron chi connectivity index (χ3n) is 2.29. The van der Waals surface area contributed by atoms with Crippen LogP contribution in [0.2, 0.25) is 0 Å². The number of halogens is 2. The van der Waals surface area contributed by atoms with Gasteiger partial charge in [0, 0.05) is 0 Å². The van der Waals surface area contributed by atoms with E-state index >= 15 is 0 Å². The summed E-state index contributed by atoms with van der Waals surface area (Å²) in [6.45, 7) is 2.22. The molecule has 0 atom stereocenters. The van der Waals surface area contributed by atoms with Crippen molar-refractivity contribution in [1.29, 1.82) is 0 Å². The van der Waals surface area contributed by atoms with E-state index in [4.69, 9.17) is 0 Å². The fraction of sp³-hybridized carbons (Fsp3) is 0.273. The zero-order valence-corrected chi connectivity index (χ0v) is 13.9. The molecule has 0 unspecified atom stereocenters. The van der Waals surface area contributed by atoms with Gasteiger partial charge in [0.15, 0.2) is 0 Å². The molecule has 1 aliphatic rings. The van der Waals surface area contributed by atoms with Crippen molar-refractivity contribution in [2.75, 3.05) is 0 Å². The number of fused-ring (bicyclic) bond motifs is 1. The van der Waals surface area contributed by atoms with Crippen LogP contribution in [0.25, 0.3) is 6.08 Å². The van der Waals surface area contributed by atoms with Crippen molar-refractivity contribution in [3.8, 4) is 0 Å². The fourth-order valence-electron chi connectivity index (χ4n) is 1.58. The summed E-state index contributed by atoms with van der Waals surface area (Å²) in [5.74, 6) is 0. The van der Waals surface area contributed by atoms with Gasteiger partial charge in [0.1, 0.15) is 0 Å². The van der Waals surface area contributed by atoms with Gasteiger partial charge in [-0.25, -0.2) is 0 Å². The van der Waals surface area contributed by atoms with Gasteiger partial charge in [0.25, 0.3) is 0 Å². The number of benzene rings is 1. The van der Waals surface area contributed by atoms with Gasteiger partial charge in [0.2, 0.25) is 0 Å². The molecule has 0 fully saturated rings. The van der Waals surface area contributed by atoms with Crippen LogP contribution in [0.1, 0.15) is 24.5 Å². The van der Waals surface area contributed by atoms with Gasteiger partial charge in [-0.15, -0.1) is 0 Å². The van der Waals surface area contributed by atoms with Gasteiger partial charge >= 0.3 is 50.0 Å². The molecule has 0 spiro atoms. The molecule has 1 aromatic carbocycles. The Labute approximate surface area is 115 Å². The molecule has 0 amide bonds. The van der Waals surface area contributed by atoms with Crippen LogP contribution in [0.4, 0.5) is 0 Å². The molecule has 1 aliphatic carbocycles. The van der Waals surface area contributed by atoms with Crippen LogP contribution < -0.4 is 0 Å². The van der Waals surface area contributed by atoms with Crippen molar-refractivity contribution >= 4 is 44.5 Å². The van der Waals surface area contributed by atoms with E-state index in [0.29, 0.717) is 11.7 Å². The molecule has 0 radical (unpaired) electrons. The number of hydrogen-bond acceptors (Lipinski definition) is 0. The maximum atomic E-state index is 2.40. The predicted octanol–water partition coefficient (Wildman–Crippen LogP) is 4.81. The quantitative estimate of drug-likeness (QED) is 0.430. The normalized spacial score (nSPS) is 12.4.